The molecule has 5 heteroatoms. The van der Waals surface area contributed by atoms with E-state index >= 15 is 0 Å². The lowest BCUT2D eigenvalue weighted by Crippen LogP contribution is -2.26. The zero-order valence-electron chi connectivity index (χ0n) is 9.65. The summed E-state index contributed by atoms with van der Waals surface area (Å²) in [5.74, 6) is -0.395. The highest BCUT2D eigenvalue weighted by Crippen LogP contribution is 2.37. The monoisotopic (exact) mass is 234 g/mol. The van der Waals surface area contributed by atoms with Gasteiger partial charge in [0.05, 0.1) is 0 Å². The van der Waals surface area contributed by atoms with Crippen LogP contribution in [-0.2, 0) is 9.36 Å². The van der Waals surface area contributed by atoms with Gasteiger partial charge in [0.15, 0.2) is 5.78 Å². The van der Waals surface area contributed by atoms with Crippen LogP contribution in [-0.4, -0.2) is 21.7 Å². The molecule has 0 radical (unpaired) electrons. The van der Waals surface area contributed by atoms with Crippen LogP contribution < -0.4 is 0 Å². The van der Waals surface area contributed by atoms with Crippen molar-refractivity contribution in [3.63, 3.8) is 0 Å². The predicted molar refractivity (Wildman–Crippen MR) is 59.7 cm³/mol. The van der Waals surface area contributed by atoms with Crippen LogP contribution >= 0.6 is 7.60 Å². The highest BCUT2D eigenvalue weighted by molar-refractivity contribution is 7.52. The van der Waals surface area contributed by atoms with Gasteiger partial charge in [0.1, 0.15) is 6.16 Å². The molecule has 15 heavy (non-hydrogen) atoms. The van der Waals surface area contributed by atoms with Gasteiger partial charge in [-0.1, -0.05) is 25.5 Å². The summed E-state index contributed by atoms with van der Waals surface area (Å²) < 4.78 is 10.7. The third kappa shape index (κ3) is 6.61. The number of rotatable bonds is 5. The second kappa shape index (κ2) is 5.06. The Morgan fingerprint density at radius 2 is 1.80 bits per heavy atom. The molecular formula is C10H19O4P. The van der Waals surface area contributed by atoms with Crippen LogP contribution in [0.5, 0.6) is 0 Å². The number of allylic oxidation sites excluding steroid dienone is 2. The maximum absolute atomic E-state index is 11.6. The topological polar surface area (TPSA) is 74.6 Å². The van der Waals surface area contributed by atoms with Gasteiger partial charge in [-0.15, -0.1) is 0 Å². The number of carbonyl (C=O) groups excluding carboxylic acids is 1. The minimum Gasteiger partial charge on any atom is -0.324 e. The molecule has 0 aliphatic heterocycles. The molecule has 0 saturated heterocycles. The van der Waals surface area contributed by atoms with Crippen LogP contribution in [0.15, 0.2) is 11.6 Å². The predicted octanol–water partition coefficient (Wildman–Crippen LogP) is 2.12. The molecule has 0 amide bonds. The molecule has 0 spiro atoms. The first-order valence-electron chi connectivity index (χ1n) is 4.76. The van der Waals surface area contributed by atoms with Gasteiger partial charge in [0.25, 0.3) is 0 Å². The maximum Gasteiger partial charge on any atom is 0.332 e. The second-order valence-electron chi connectivity index (χ2n) is 4.62. The molecular weight excluding hydrogens is 215 g/mol. The summed E-state index contributed by atoms with van der Waals surface area (Å²) in [5.41, 5.74) is 0.380. The fourth-order valence-corrected chi connectivity index (χ4v) is 1.78. The lowest BCUT2D eigenvalue weighted by molar-refractivity contribution is -0.124. The van der Waals surface area contributed by atoms with E-state index in [-0.39, 0.29) is 0 Å². The molecule has 0 aromatic carbocycles. The Hall–Kier alpha value is -0.440. The molecule has 0 fully saturated rings. The zero-order valence-corrected chi connectivity index (χ0v) is 10.5. The van der Waals surface area contributed by atoms with Crippen LogP contribution in [0.25, 0.3) is 0 Å². The Morgan fingerprint density at radius 3 is 2.13 bits per heavy atom. The van der Waals surface area contributed by atoms with Gasteiger partial charge in [0.2, 0.25) is 0 Å². The van der Waals surface area contributed by atoms with Gasteiger partial charge >= 0.3 is 7.60 Å². The van der Waals surface area contributed by atoms with Gasteiger partial charge in [-0.3, -0.25) is 9.36 Å². The Kier molecular flexibility index (Phi) is 4.91. The largest absolute Gasteiger partial charge is 0.332 e. The maximum atomic E-state index is 11.6. The quantitative estimate of drug-likeness (QED) is 0.564. The number of ketones is 1. The van der Waals surface area contributed by atoms with E-state index in [2.05, 4.69) is 0 Å². The summed E-state index contributed by atoms with van der Waals surface area (Å²) >= 11 is 0. The van der Waals surface area contributed by atoms with E-state index in [4.69, 9.17) is 9.79 Å². The molecule has 0 atom stereocenters. The van der Waals surface area contributed by atoms with Crippen molar-refractivity contribution >= 4 is 13.4 Å². The van der Waals surface area contributed by atoms with Crippen molar-refractivity contribution in [3.8, 4) is 0 Å². The second-order valence-corrected chi connectivity index (χ2v) is 6.26. The van der Waals surface area contributed by atoms with E-state index in [0.717, 1.165) is 5.57 Å². The van der Waals surface area contributed by atoms with Crippen molar-refractivity contribution in [2.45, 2.75) is 34.1 Å². The molecule has 0 unspecified atom stereocenters. The van der Waals surface area contributed by atoms with Crippen LogP contribution in [0, 0.1) is 5.41 Å². The van der Waals surface area contributed by atoms with Crippen molar-refractivity contribution in [2.24, 2.45) is 5.41 Å². The SMILES string of the molecule is CC(C)=CCC(C)(C)C(=O)CP(=O)(O)O. The number of hydrogen-bond acceptors (Lipinski definition) is 2. The van der Waals surface area contributed by atoms with Gasteiger partial charge in [-0.2, -0.15) is 0 Å². The van der Waals surface area contributed by atoms with E-state index in [9.17, 15) is 9.36 Å². The number of hydrogen-bond donors (Lipinski definition) is 2. The molecule has 4 nitrogen and oxygen atoms in total. The first-order chi connectivity index (χ1) is 6.54. The molecule has 2 N–H and O–H groups in total. The van der Waals surface area contributed by atoms with Gasteiger partial charge in [-0.25, -0.2) is 0 Å². The van der Waals surface area contributed by atoms with E-state index in [0.29, 0.717) is 6.42 Å². The average molecular weight is 234 g/mol. The smallest absolute Gasteiger partial charge is 0.324 e. The fourth-order valence-electron chi connectivity index (χ4n) is 0.974. The van der Waals surface area contributed by atoms with Crippen LogP contribution in [0.1, 0.15) is 34.1 Å². The first-order valence-corrected chi connectivity index (χ1v) is 6.55. The summed E-state index contributed by atoms with van der Waals surface area (Å²) in [6, 6.07) is 0. The molecule has 0 aliphatic carbocycles. The van der Waals surface area contributed by atoms with E-state index in [1.165, 1.54) is 0 Å². The number of Topliss-reactive ketones (excluding diaryl/α,β-unsaturated/α-hetero) is 1. The summed E-state index contributed by atoms with van der Waals surface area (Å²) in [4.78, 5) is 29.0. The lowest BCUT2D eigenvalue weighted by Gasteiger charge is -2.21. The summed E-state index contributed by atoms with van der Waals surface area (Å²) in [7, 11) is -4.24. The minimum atomic E-state index is -4.24. The van der Waals surface area contributed by atoms with E-state index < -0.39 is 25.0 Å². The molecule has 0 aromatic heterocycles. The van der Waals surface area contributed by atoms with E-state index in [1.807, 2.05) is 19.9 Å². The summed E-state index contributed by atoms with van der Waals surface area (Å²) in [6.45, 7) is 7.24. The molecule has 0 heterocycles. The Labute approximate surface area is 90.5 Å². The average Bonchev–Trinajstić information content (AvgIpc) is 1.97. The Bertz CT molecular complexity index is 307. The standard InChI is InChI=1S/C10H19O4P/c1-8(2)5-6-10(3,4)9(11)7-15(12,13)14/h5H,6-7H2,1-4H3,(H2,12,13,14). The van der Waals surface area contributed by atoms with Crippen LogP contribution in [0.2, 0.25) is 0 Å². The van der Waals surface area contributed by atoms with Crippen molar-refractivity contribution in [1.29, 1.82) is 0 Å². The normalized spacial score (nSPS) is 12.4. The minimum absolute atomic E-state index is 0.395. The van der Waals surface area contributed by atoms with Crippen molar-refractivity contribution in [1.82, 2.24) is 0 Å². The molecule has 0 rings (SSSR count). The van der Waals surface area contributed by atoms with Crippen molar-refractivity contribution < 1.29 is 19.1 Å². The Balaban J connectivity index is 4.53. The van der Waals surface area contributed by atoms with Gasteiger partial charge in [0, 0.05) is 5.41 Å². The molecule has 0 bridgehead atoms. The van der Waals surface area contributed by atoms with Gasteiger partial charge < -0.3 is 9.79 Å². The summed E-state index contributed by atoms with van der Waals surface area (Å²) in [6.07, 6.45) is 1.74. The van der Waals surface area contributed by atoms with Crippen LogP contribution in [0.3, 0.4) is 0 Å². The molecule has 0 aromatic rings. The first kappa shape index (κ1) is 14.6. The third-order valence-electron chi connectivity index (χ3n) is 2.13. The van der Waals surface area contributed by atoms with Crippen molar-refractivity contribution in [2.75, 3.05) is 6.16 Å². The fraction of sp³-hybridized carbons (Fsp3) is 0.700. The van der Waals surface area contributed by atoms with Crippen LogP contribution in [0.4, 0.5) is 0 Å². The molecule has 0 saturated carbocycles. The van der Waals surface area contributed by atoms with Gasteiger partial charge in [-0.05, 0) is 20.3 Å². The Morgan fingerprint density at radius 1 is 1.33 bits per heavy atom. The highest BCUT2D eigenvalue weighted by atomic mass is 31.2. The third-order valence-corrected chi connectivity index (χ3v) is 2.82. The summed E-state index contributed by atoms with van der Waals surface area (Å²) in [5, 5.41) is 0. The molecule has 88 valence electrons. The lowest BCUT2D eigenvalue weighted by atomic mass is 9.85. The number of carbonyl (C=O) groups is 1. The molecule has 0 aliphatic rings. The zero-order chi connectivity index (χ0) is 12.3. The highest BCUT2D eigenvalue weighted by Gasteiger charge is 2.31. The van der Waals surface area contributed by atoms with E-state index in [1.54, 1.807) is 13.8 Å². The van der Waals surface area contributed by atoms with Crippen molar-refractivity contribution in [3.05, 3.63) is 11.6 Å².